The van der Waals surface area contributed by atoms with E-state index >= 15 is 0 Å². The molecule has 8 heteroatoms. The number of benzene rings is 2. The van der Waals surface area contributed by atoms with Crippen LogP contribution < -0.4 is 0 Å². The molecule has 0 fully saturated rings. The number of hydrogen-bond acceptors (Lipinski definition) is 5. The molecule has 0 radical (unpaired) electrons. The van der Waals surface area contributed by atoms with Crippen LogP contribution in [0.5, 0.6) is 0 Å². The Hall–Kier alpha value is -1.74. The molecule has 2 aromatic carbocycles. The van der Waals surface area contributed by atoms with Crippen LogP contribution in [-0.4, -0.2) is 27.8 Å². The van der Waals surface area contributed by atoms with Crippen molar-refractivity contribution in [3.63, 3.8) is 0 Å². The molecule has 0 aliphatic rings. The first-order valence-corrected chi connectivity index (χ1v) is 11.2. The van der Waals surface area contributed by atoms with Crippen molar-refractivity contribution in [1.29, 1.82) is 0 Å². The Morgan fingerprint density at radius 3 is 1.11 bits per heavy atom. The van der Waals surface area contributed by atoms with Gasteiger partial charge in [0.1, 0.15) is 0 Å². The summed E-state index contributed by atoms with van der Waals surface area (Å²) in [5, 5.41) is 0. The van der Waals surface area contributed by atoms with Crippen LogP contribution in [0.15, 0.2) is 34.1 Å². The van der Waals surface area contributed by atoms with E-state index in [2.05, 4.69) is 0 Å². The molecule has 2 rings (SSSR count). The lowest BCUT2D eigenvalue weighted by molar-refractivity contribution is 0.0289. The Morgan fingerprint density at radius 2 is 0.889 bits per heavy atom. The molecule has 0 saturated carbocycles. The summed E-state index contributed by atoms with van der Waals surface area (Å²) in [6, 6.07) is 6.79. The third kappa shape index (κ3) is 3.80. The van der Waals surface area contributed by atoms with Gasteiger partial charge in [-0.1, -0.05) is 35.4 Å². The van der Waals surface area contributed by atoms with E-state index in [1.807, 2.05) is 13.8 Å². The van der Waals surface area contributed by atoms with Crippen molar-refractivity contribution in [3.05, 3.63) is 57.6 Å². The summed E-state index contributed by atoms with van der Waals surface area (Å²) in [7, 11) is -7.88. The fourth-order valence-corrected chi connectivity index (χ4v) is 7.66. The molecule has 27 heavy (non-hydrogen) atoms. The monoisotopic (exact) mass is 411 g/mol. The number of aryl methyl sites for hydroxylation is 6. The Morgan fingerprint density at radius 1 is 0.630 bits per heavy atom. The van der Waals surface area contributed by atoms with Gasteiger partial charge < -0.3 is 0 Å². The van der Waals surface area contributed by atoms with Crippen molar-refractivity contribution >= 4 is 20.0 Å². The fourth-order valence-electron chi connectivity index (χ4n) is 3.62. The summed E-state index contributed by atoms with van der Waals surface area (Å²) in [6.45, 7) is 10.2. The number of nitrogens with zero attached hydrogens (tertiary/aromatic N) is 1. The molecule has 0 saturated heterocycles. The van der Waals surface area contributed by atoms with Crippen LogP contribution in [0.25, 0.3) is 0 Å². The SMILES string of the molecule is CON(S(=O)(=O)c1c(C)cc(C)cc1C)S(=O)(=O)c1c(C)cc(C)cc1C. The normalized spacial score (nSPS) is 12.6. The molecule has 0 bridgehead atoms. The Labute approximate surface area is 161 Å². The average Bonchev–Trinajstić information content (AvgIpc) is 2.43. The van der Waals surface area contributed by atoms with Gasteiger partial charge in [-0.05, 0) is 63.8 Å². The predicted octanol–water partition coefficient (Wildman–Crippen LogP) is 3.48. The number of rotatable bonds is 5. The predicted molar refractivity (Wildman–Crippen MR) is 105 cm³/mol. The van der Waals surface area contributed by atoms with E-state index in [-0.39, 0.29) is 13.7 Å². The van der Waals surface area contributed by atoms with Gasteiger partial charge in [-0.2, -0.15) is 0 Å². The molecule has 6 nitrogen and oxygen atoms in total. The second-order valence-electron chi connectivity index (χ2n) is 6.81. The highest BCUT2D eigenvalue weighted by Gasteiger charge is 2.40. The van der Waals surface area contributed by atoms with Crippen molar-refractivity contribution in [3.8, 4) is 0 Å². The number of hydrogen-bond donors (Lipinski definition) is 0. The minimum absolute atomic E-state index is 0.0686. The lowest BCUT2D eigenvalue weighted by atomic mass is 10.1. The molecule has 0 aliphatic heterocycles. The zero-order chi connectivity index (χ0) is 20.7. The van der Waals surface area contributed by atoms with E-state index < -0.39 is 20.0 Å². The molecule has 0 spiro atoms. The minimum atomic E-state index is -4.46. The van der Waals surface area contributed by atoms with Gasteiger partial charge in [0, 0.05) is 3.87 Å². The fraction of sp³-hybridized carbons (Fsp3) is 0.368. The first-order chi connectivity index (χ1) is 12.3. The van der Waals surface area contributed by atoms with Crippen molar-refractivity contribution in [1.82, 2.24) is 3.87 Å². The van der Waals surface area contributed by atoms with Crippen LogP contribution in [0.2, 0.25) is 0 Å². The van der Waals surface area contributed by atoms with E-state index in [1.54, 1.807) is 52.0 Å². The van der Waals surface area contributed by atoms with Crippen molar-refractivity contribution in [2.24, 2.45) is 0 Å². The largest absolute Gasteiger partial charge is 0.279 e. The molecule has 148 valence electrons. The molecule has 0 amide bonds. The Kier molecular flexibility index (Phi) is 5.87. The molecular weight excluding hydrogens is 386 g/mol. The Bertz CT molecular complexity index is 969. The van der Waals surface area contributed by atoms with Crippen LogP contribution in [-0.2, 0) is 24.9 Å². The second kappa shape index (κ2) is 7.35. The van der Waals surface area contributed by atoms with E-state index in [1.165, 1.54) is 0 Å². The van der Waals surface area contributed by atoms with Gasteiger partial charge in [-0.3, -0.25) is 4.84 Å². The maximum absolute atomic E-state index is 13.2. The molecule has 2 aromatic rings. The van der Waals surface area contributed by atoms with Crippen LogP contribution in [0.4, 0.5) is 0 Å². The summed E-state index contributed by atoms with van der Waals surface area (Å²) in [5.41, 5.74) is 3.62. The molecule has 0 unspecified atom stereocenters. The van der Waals surface area contributed by atoms with Crippen molar-refractivity contribution in [2.75, 3.05) is 7.11 Å². The first kappa shape index (κ1) is 21.6. The maximum Gasteiger partial charge on any atom is 0.279 e. The summed E-state index contributed by atoms with van der Waals surface area (Å²) in [5.74, 6) is 0. The quantitative estimate of drug-likeness (QED) is 0.704. The van der Waals surface area contributed by atoms with Gasteiger partial charge in [-0.25, -0.2) is 16.8 Å². The molecule has 0 aliphatic carbocycles. The maximum atomic E-state index is 13.2. The zero-order valence-corrected chi connectivity index (χ0v) is 18.2. The van der Waals surface area contributed by atoms with Crippen LogP contribution >= 0.6 is 0 Å². The van der Waals surface area contributed by atoms with Gasteiger partial charge in [0.2, 0.25) is 0 Å². The molecular formula is C19H25NO5S2. The molecule has 0 heterocycles. The zero-order valence-electron chi connectivity index (χ0n) is 16.6. The third-order valence-corrected chi connectivity index (χ3v) is 8.85. The standard InChI is InChI=1S/C19H25NO5S2/c1-12-8-14(3)18(15(4)9-12)26(21,22)20(25-7)27(23,24)19-16(5)10-13(2)11-17(19)6/h8-11H,1-7H3. The second-order valence-corrected chi connectivity index (χ2v) is 10.4. The van der Waals surface area contributed by atoms with Gasteiger partial charge in [0.05, 0.1) is 16.9 Å². The molecule has 0 aromatic heterocycles. The number of sulfonamides is 2. The highest BCUT2D eigenvalue weighted by atomic mass is 32.3. The van der Waals surface area contributed by atoms with Gasteiger partial charge >= 0.3 is 0 Å². The lowest BCUT2D eigenvalue weighted by Gasteiger charge is -2.23. The first-order valence-electron chi connectivity index (χ1n) is 8.34. The van der Waals surface area contributed by atoms with Gasteiger partial charge in [0.15, 0.2) is 0 Å². The van der Waals surface area contributed by atoms with Crippen LogP contribution in [0, 0.1) is 41.5 Å². The molecule has 0 N–H and O–H groups in total. The summed E-state index contributed by atoms with van der Waals surface area (Å²) in [6.07, 6.45) is 0. The van der Waals surface area contributed by atoms with Crippen molar-refractivity contribution < 1.29 is 21.7 Å². The lowest BCUT2D eigenvalue weighted by Crippen LogP contribution is -2.37. The van der Waals surface area contributed by atoms with Gasteiger partial charge in [0.25, 0.3) is 20.0 Å². The molecule has 0 atom stereocenters. The van der Waals surface area contributed by atoms with Crippen molar-refractivity contribution in [2.45, 2.75) is 51.3 Å². The van der Waals surface area contributed by atoms with Crippen LogP contribution in [0.1, 0.15) is 33.4 Å². The Balaban J connectivity index is 2.77. The third-order valence-electron chi connectivity index (χ3n) is 4.27. The summed E-state index contributed by atoms with van der Waals surface area (Å²) < 4.78 is 53.1. The topological polar surface area (TPSA) is 80.8 Å². The highest BCUT2D eigenvalue weighted by Crippen LogP contribution is 2.32. The van der Waals surface area contributed by atoms with E-state index in [4.69, 9.17) is 4.84 Å². The van der Waals surface area contributed by atoms with E-state index in [0.717, 1.165) is 18.2 Å². The van der Waals surface area contributed by atoms with E-state index in [0.29, 0.717) is 22.3 Å². The van der Waals surface area contributed by atoms with E-state index in [9.17, 15) is 16.8 Å². The average molecular weight is 412 g/mol. The smallest absolute Gasteiger partial charge is 0.273 e. The van der Waals surface area contributed by atoms with Gasteiger partial charge in [-0.15, -0.1) is 0 Å². The summed E-state index contributed by atoms with van der Waals surface area (Å²) in [4.78, 5) is 4.79. The minimum Gasteiger partial charge on any atom is -0.273 e. The van der Waals surface area contributed by atoms with Crippen LogP contribution in [0.3, 0.4) is 0 Å². The highest BCUT2D eigenvalue weighted by molar-refractivity contribution is 8.03. The summed E-state index contributed by atoms with van der Waals surface area (Å²) >= 11 is 0.